The van der Waals surface area contributed by atoms with Crippen LogP contribution in [0.3, 0.4) is 0 Å². The molecule has 0 bridgehead atoms. The fraction of sp³-hybridized carbons (Fsp3) is 0.333. The Balaban J connectivity index is 3.20. The number of hydrogen-bond acceptors (Lipinski definition) is 2. The Hall–Kier alpha value is -0.450. The Morgan fingerprint density at radius 2 is 2.08 bits per heavy atom. The number of nitrogens with two attached hydrogens (primary N) is 1. The van der Waals surface area contributed by atoms with Gasteiger partial charge in [0, 0.05) is 11.2 Å². The van der Waals surface area contributed by atoms with Crippen LogP contribution in [0.25, 0.3) is 0 Å². The van der Waals surface area contributed by atoms with Crippen LogP contribution in [0.2, 0.25) is 0 Å². The molecule has 0 saturated carbocycles. The third-order valence-corrected chi connectivity index (χ3v) is 3.35. The average Bonchev–Trinajstić information content (AvgIpc) is 2.04. The molecule has 1 aromatic carbocycles. The smallest absolute Gasteiger partial charge is 0.116 e. The van der Waals surface area contributed by atoms with Crippen molar-refractivity contribution in [3.05, 3.63) is 29.8 Å². The fourth-order valence-electron chi connectivity index (χ4n) is 1.26. The first-order valence-electron chi connectivity index (χ1n) is 4.16. The minimum atomic E-state index is -2.72. The van der Waals surface area contributed by atoms with Crippen LogP contribution in [0, 0.1) is 0 Å². The van der Waals surface area contributed by atoms with Crippen LogP contribution in [0.4, 0.5) is 0 Å². The van der Waals surface area contributed by atoms with E-state index in [4.69, 9.17) is 16.3 Å². The first-order chi connectivity index (χ1) is 6.05. The minimum absolute atomic E-state index is 0.617. The molecule has 1 atom stereocenters. The van der Waals surface area contributed by atoms with Gasteiger partial charge in [-0.05, 0) is 18.1 Å². The summed E-state index contributed by atoms with van der Waals surface area (Å²) in [6.45, 7) is 2.07. The Kier molecular flexibility index (Phi) is 3.41. The summed E-state index contributed by atoms with van der Waals surface area (Å²) in [4.78, 5) is 0.617. The number of rotatable bonds is 3. The molecule has 0 spiro atoms. The summed E-state index contributed by atoms with van der Waals surface area (Å²) in [6.07, 6.45) is 1.88. The first-order valence-corrected chi connectivity index (χ1v) is 6.71. The number of benzene rings is 1. The average molecular weight is 215 g/mol. The van der Waals surface area contributed by atoms with E-state index in [-0.39, 0.29) is 0 Å². The summed E-state index contributed by atoms with van der Waals surface area (Å²) in [6, 6.07) is 7.40. The molecule has 0 radical (unpaired) electrons. The first kappa shape index (κ1) is 10.6. The molecular weight excluding hydrogens is 202 g/mol. The van der Waals surface area contributed by atoms with Gasteiger partial charge in [-0.1, -0.05) is 31.5 Å². The van der Waals surface area contributed by atoms with Gasteiger partial charge in [0.25, 0.3) is 0 Å². The van der Waals surface area contributed by atoms with Crippen LogP contribution in [-0.2, 0) is 26.3 Å². The number of hydrogen-bond donors (Lipinski definition) is 1. The molecule has 0 fully saturated rings. The van der Waals surface area contributed by atoms with Crippen LogP contribution in [0.1, 0.15) is 18.9 Å². The molecule has 0 saturated heterocycles. The van der Waals surface area contributed by atoms with Crippen molar-refractivity contribution in [2.45, 2.75) is 24.7 Å². The van der Waals surface area contributed by atoms with Crippen molar-refractivity contribution >= 4 is 19.9 Å². The molecule has 0 aliphatic heterocycles. The lowest BCUT2D eigenvalue weighted by atomic mass is 10.1. The summed E-state index contributed by atoms with van der Waals surface area (Å²) >= 11 is 4.76. The summed E-state index contributed by atoms with van der Waals surface area (Å²) < 4.78 is 11.5. The van der Waals surface area contributed by atoms with Crippen molar-refractivity contribution < 1.29 is 4.21 Å². The van der Waals surface area contributed by atoms with Gasteiger partial charge in [-0.25, -0.2) is 9.35 Å². The van der Waals surface area contributed by atoms with Gasteiger partial charge >= 0.3 is 0 Å². The predicted molar refractivity (Wildman–Crippen MR) is 58.4 cm³/mol. The maximum absolute atomic E-state index is 11.5. The molecule has 2 nitrogen and oxygen atoms in total. The van der Waals surface area contributed by atoms with Gasteiger partial charge in [0.05, 0.1) is 4.90 Å². The van der Waals surface area contributed by atoms with Crippen LogP contribution in [0.5, 0.6) is 0 Å². The van der Waals surface area contributed by atoms with Gasteiger partial charge in [-0.2, -0.15) is 0 Å². The van der Waals surface area contributed by atoms with E-state index >= 15 is 0 Å². The molecule has 0 aliphatic rings. The van der Waals surface area contributed by atoms with Gasteiger partial charge in [-0.3, -0.25) is 0 Å². The summed E-state index contributed by atoms with van der Waals surface area (Å²) in [5, 5.41) is 5.43. The minimum Gasteiger partial charge on any atom is -0.247 e. The predicted octanol–water partition coefficient (Wildman–Crippen LogP) is 1.62. The molecule has 0 aliphatic carbocycles. The normalized spacial score (nSPS) is 15.2. The molecule has 13 heavy (non-hydrogen) atoms. The molecule has 72 valence electrons. The van der Waals surface area contributed by atoms with Gasteiger partial charge in [0.1, 0.15) is 8.68 Å². The van der Waals surface area contributed by atoms with Crippen LogP contribution >= 0.6 is 0 Å². The Morgan fingerprint density at radius 1 is 1.46 bits per heavy atom. The van der Waals surface area contributed by atoms with Gasteiger partial charge in [0.2, 0.25) is 0 Å². The van der Waals surface area contributed by atoms with E-state index in [1.54, 1.807) is 6.07 Å². The highest BCUT2D eigenvalue weighted by Crippen LogP contribution is 2.15. The van der Waals surface area contributed by atoms with Crippen LogP contribution in [-0.4, -0.2) is 4.21 Å². The van der Waals surface area contributed by atoms with E-state index < -0.39 is 8.68 Å². The third kappa shape index (κ3) is 2.76. The van der Waals surface area contributed by atoms with Crippen molar-refractivity contribution in [2.24, 2.45) is 5.14 Å². The lowest BCUT2D eigenvalue weighted by molar-refractivity contribution is 0.682. The Bertz CT molecular complexity index is 384. The molecule has 2 N–H and O–H groups in total. The van der Waals surface area contributed by atoms with Gasteiger partial charge < -0.3 is 0 Å². The zero-order valence-corrected chi connectivity index (χ0v) is 9.16. The molecule has 0 heterocycles. The molecule has 0 aromatic heterocycles. The summed E-state index contributed by atoms with van der Waals surface area (Å²) in [5.41, 5.74) is 1.01. The van der Waals surface area contributed by atoms with Crippen molar-refractivity contribution in [1.82, 2.24) is 0 Å². The highest BCUT2D eigenvalue weighted by atomic mass is 32.8. The SMILES string of the molecule is CCCc1ccccc1S(N)(=O)=S. The second kappa shape index (κ2) is 4.17. The fourth-order valence-corrected chi connectivity index (χ4v) is 2.55. The van der Waals surface area contributed by atoms with Crippen molar-refractivity contribution in [3.63, 3.8) is 0 Å². The van der Waals surface area contributed by atoms with E-state index in [9.17, 15) is 4.21 Å². The van der Waals surface area contributed by atoms with E-state index in [1.165, 1.54) is 0 Å². The molecule has 0 amide bonds. The topological polar surface area (TPSA) is 43.1 Å². The Morgan fingerprint density at radius 3 is 2.62 bits per heavy atom. The largest absolute Gasteiger partial charge is 0.247 e. The lowest BCUT2D eigenvalue weighted by Crippen LogP contribution is -2.12. The molecule has 1 rings (SSSR count). The zero-order valence-electron chi connectivity index (χ0n) is 7.53. The van der Waals surface area contributed by atoms with E-state index in [0.29, 0.717) is 4.90 Å². The van der Waals surface area contributed by atoms with Crippen LogP contribution in [0.15, 0.2) is 29.2 Å². The molecular formula is C9H13NOS2. The highest BCUT2D eigenvalue weighted by Gasteiger charge is 2.08. The maximum atomic E-state index is 11.5. The second-order valence-electron chi connectivity index (χ2n) is 2.90. The molecule has 1 unspecified atom stereocenters. The summed E-state index contributed by atoms with van der Waals surface area (Å²) in [5.74, 6) is 0. The second-order valence-corrected chi connectivity index (χ2v) is 5.92. The van der Waals surface area contributed by atoms with E-state index in [2.05, 4.69) is 6.92 Å². The maximum Gasteiger partial charge on any atom is 0.116 e. The zero-order chi connectivity index (χ0) is 9.90. The lowest BCUT2D eigenvalue weighted by Gasteiger charge is -2.07. The van der Waals surface area contributed by atoms with E-state index in [1.807, 2.05) is 18.2 Å². The number of aryl methyl sites for hydroxylation is 1. The molecule has 1 aromatic rings. The van der Waals surface area contributed by atoms with Crippen molar-refractivity contribution in [2.75, 3.05) is 0 Å². The van der Waals surface area contributed by atoms with Crippen molar-refractivity contribution in [3.8, 4) is 0 Å². The van der Waals surface area contributed by atoms with Crippen molar-refractivity contribution in [1.29, 1.82) is 0 Å². The van der Waals surface area contributed by atoms with Crippen LogP contribution < -0.4 is 5.14 Å². The summed E-state index contributed by atoms with van der Waals surface area (Å²) in [7, 11) is -2.72. The third-order valence-electron chi connectivity index (χ3n) is 1.80. The van der Waals surface area contributed by atoms with E-state index in [0.717, 1.165) is 18.4 Å². The highest BCUT2D eigenvalue weighted by molar-refractivity contribution is 8.31. The van der Waals surface area contributed by atoms with Gasteiger partial charge in [-0.15, -0.1) is 0 Å². The molecule has 4 heteroatoms. The monoisotopic (exact) mass is 215 g/mol. The Labute approximate surface area is 84.0 Å². The van der Waals surface area contributed by atoms with Gasteiger partial charge in [0.15, 0.2) is 0 Å². The standard InChI is InChI=1S/C9H13NOS2/c1-2-5-8-6-3-4-7-9(8)13(10,11)12/h3-4,6-7H,2,5H2,1H3,(H2,10,11,12). The quantitative estimate of drug-likeness (QED) is 0.832.